The fourth-order valence-electron chi connectivity index (χ4n) is 1.21. The lowest BCUT2D eigenvalue weighted by atomic mass is 10.2. The molecule has 0 atom stereocenters. The number of esters is 1. The Hall–Kier alpha value is -1.69. The van der Waals surface area contributed by atoms with Crippen LogP contribution in [0.4, 0.5) is 5.69 Å². The van der Waals surface area contributed by atoms with E-state index in [4.69, 9.17) is 11.5 Å². The second-order valence-electron chi connectivity index (χ2n) is 3.29. The maximum atomic E-state index is 11.2. The average molecular weight is 254 g/mol. The summed E-state index contributed by atoms with van der Waals surface area (Å²) in [6, 6.07) is 4.87. The predicted molar refractivity (Wildman–Crippen MR) is 66.7 cm³/mol. The Kier molecular flexibility index (Phi) is 4.84. The molecule has 0 bridgehead atoms. The third kappa shape index (κ3) is 3.99. The quantitative estimate of drug-likeness (QED) is 0.464. The van der Waals surface area contributed by atoms with E-state index in [1.165, 1.54) is 18.9 Å². The van der Waals surface area contributed by atoms with E-state index in [9.17, 15) is 9.59 Å². The van der Waals surface area contributed by atoms with Crippen molar-refractivity contribution in [2.24, 2.45) is 5.73 Å². The van der Waals surface area contributed by atoms with E-state index >= 15 is 0 Å². The summed E-state index contributed by atoms with van der Waals surface area (Å²) >= 11 is 1.35. The molecule has 0 heterocycles. The van der Waals surface area contributed by atoms with Gasteiger partial charge in [-0.1, -0.05) is 0 Å². The molecule has 0 saturated heterocycles. The van der Waals surface area contributed by atoms with E-state index in [2.05, 4.69) is 4.74 Å². The highest BCUT2D eigenvalue weighted by atomic mass is 32.2. The molecule has 5 nitrogen and oxygen atoms in total. The van der Waals surface area contributed by atoms with Crippen LogP contribution >= 0.6 is 11.8 Å². The van der Waals surface area contributed by atoms with Crippen molar-refractivity contribution in [1.82, 2.24) is 0 Å². The van der Waals surface area contributed by atoms with Gasteiger partial charge in [-0.25, -0.2) is 0 Å². The summed E-state index contributed by atoms with van der Waals surface area (Å²) in [5.41, 5.74) is 11.8. The smallest absolute Gasteiger partial charge is 0.306 e. The minimum atomic E-state index is -0.509. The number of ether oxygens (including phenoxy) is 1. The monoisotopic (exact) mass is 254 g/mol. The molecule has 6 heteroatoms. The Morgan fingerprint density at radius 2 is 2.12 bits per heavy atom. The lowest BCUT2D eigenvalue weighted by Gasteiger charge is -2.07. The van der Waals surface area contributed by atoms with Gasteiger partial charge in [-0.05, 0) is 18.2 Å². The number of nitrogen functional groups attached to an aromatic ring is 1. The van der Waals surface area contributed by atoms with Crippen LogP contribution in [-0.4, -0.2) is 24.7 Å². The Balaban J connectivity index is 2.72. The zero-order valence-corrected chi connectivity index (χ0v) is 10.3. The largest absolute Gasteiger partial charge is 0.469 e. The Morgan fingerprint density at radius 1 is 1.41 bits per heavy atom. The predicted octanol–water partition coefficient (Wildman–Crippen LogP) is 1.02. The van der Waals surface area contributed by atoms with Crippen LogP contribution in [0.1, 0.15) is 16.8 Å². The van der Waals surface area contributed by atoms with Gasteiger partial charge in [0.25, 0.3) is 0 Å². The highest BCUT2D eigenvalue weighted by Gasteiger charge is 2.10. The highest BCUT2D eigenvalue weighted by molar-refractivity contribution is 7.99. The van der Waals surface area contributed by atoms with Crippen LogP contribution in [0, 0.1) is 0 Å². The number of thioether (sulfide) groups is 1. The number of nitrogens with two attached hydrogens (primary N) is 2. The SMILES string of the molecule is COC(=O)CCSc1cc(N)ccc1C(N)=O. The van der Waals surface area contributed by atoms with Crippen LogP contribution < -0.4 is 11.5 Å². The molecule has 0 aromatic heterocycles. The van der Waals surface area contributed by atoms with Gasteiger partial charge in [-0.2, -0.15) is 0 Å². The summed E-state index contributed by atoms with van der Waals surface area (Å²) in [4.78, 5) is 22.8. The Labute approximate surface area is 103 Å². The number of methoxy groups -OCH3 is 1. The van der Waals surface area contributed by atoms with E-state index in [-0.39, 0.29) is 12.4 Å². The van der Waals surface area contributed by atoms with Gasteiger partial charge in [-0.3, -0.25) is 9.59 Å². The number of carbonyl (C=O) groups is 2. The topological polar surface area (TPSA) is 95.4 Å². The van der Waals surface area contributed by atoms with Gasteiger partial charge in [0, 0.05) is 16.3 Å². The Morgan fingerprint density at radius 3 is 2.71 bits per heavy atom. The van der Waals surface area contributed by atoms with E-state index in [1.54, 1.807) is 18.2 Å². The van der Waals surface area contributed by atoms with Crippen molar-refractivity contribution in [3.63, 3.8) is 0 Å². The molecule has 1 amide bonds. The number of hydrogen-bond donors (Lipinski definition) is 2. The minimum absolute atomic E-state index is 0.272. The fraction of sp³-hybridized carbons (Fsp3) is 0.273. The van der Waals surface area contributed by atoms with Crippen molar-refractivity contribution in [1.29, 1.82) is 0 Å². The molecule has 17 heavy (non-hydrogen) atoms. The third-order valence-corrected chi connectivity index (χ3v) is 3.12. The molecular formula is C11H14N2O3S. The van der Waals surface area contributed by atoms with Crippen LogP contribution in [0.15, 0.2) is 23.1 Å². The first-order valence-electron chi connectivity index (χ1n) is 4.93. The fourth-order valence-corrected chi connectivity index (χ4v) is 2.24. The second kappa shape index (κ2) is 6.15. The second-order valence-corrected chi connectivity index (χ2v) is 4.43. The average Bonchev–Trinajstić information content (AvgIpc) is 2.28. The van der Waals surface area contributed by atoms with Crippen LogP contribution in [0.25, 0.3) is 0 Å². The number of amides is 1. The number of rotatable bonds is 5. The van der Waals surface area contributed by atoms with Crippen molar-refractivity contribution in [3.8, 4) is 0 Å². The van der Waals surface area contributed by atoms with E-state index in [0.29, 0.717) is 21.9 Å². The van der Waals surface area contributed by atoms with E-state index in [0.717, 1.165) is 0 Å². The number of benzene rings is 1. The summed E-state index contributed by atoms with van der Waals surface area (Å²) in [6.07, 6.45) is 0.272. The van der Waals surface area contributed by atoms with Crippen LogP contribution in [0.3, 0.4) is 0 Å². The van der Waals surface area contributed by atoms with Gasteiger partial charge in [0.05, 0.1) is 19.1 Å². The van der Waals surface area contributed by atoms with Gasteiger partial charge in [0.1, 0.15) is 0 Å². The molecule has 0 aliphatic carbocycles. The molecule has 0 spiro atoms. The molecule has 0 aliphatic heterocycles. The third-order valence-electron chi connectivity index (χ3n) is 2.06. The van der Waals surface area contributed by atoms with Gasteiger partial charge in [0.15, 0.2) is 0 Å². The van der Waals surface area contributed by atoms with Crippen molar-refractivity contribution < 1.29 is 14.3 Å². The molecular weight excluding hydrogens is 240 g/mol. The number of anilines is 1. The molecule has 0 fully saturated rings. The highest BCUT2D eigenvalue weighted by Crippen LogP contribution is 2.25. The number of carbonyl (C=O) groups excluding carboxylic acids is 2. The first-order chi connectivity index (χ1) is 8.04. The molecule has 1 aromatic carbocycles. The van der Waals surface area contributed by atoms with Crippen LogP contribution in [0.2, 0.25) is 0 Å². The van der Waals surface area contributed by atoms with E-state index in [1.807, 2.05) is 0 Å². The molecule has 0 radical (unpaired) electrons. The molecule has 92 valence electrons. The summed E-state index contributed by atoms with van der Waals surface area (Å²) in [5.74, 6) is -0.288. The summed E-state index contributed by atoms with van der Waals surface area (Å²) < 4.78 is 4.52. The first kappa shape index (κ1) is 13.4. The number of primary amides is 1. The molecule has 4 N–H and O–H groups in total. The van der Waals surface area contributed by atoms with Crippen molar-refractivity contribution in [2.45, 2.75) is 11.3 Å². The normalized spacial score (nSPS) is 9.94. The van der Waals surface area contributed by atoms with E-state index < -0.39 is 5.91 Å². The minimum Gasteiger partial charge on any atom is -0.469 e. The van der Waals surface area contributed by atoms with Crippen molar-refractivity contribution in [3.05, 3.63) is 23.8 Å². The Bertz CT molecular complexity index is 435. The molecule has 1 rings (SSSR count). The molecule has 0 saturated carbocycles. The zero-order valence-electron chi connectivity index (χ0n) is 9.43. The number of hydrogen-bond acceptors (Lipinski definition) is 5. The molecule has 0 aliphatic rings. The maximum Gasteiger partial charge on any atom is 0.306 e. The summed E-state index contributed by atoms with van der Waals surface area (Å²) in [7, 11) is 1.34. The van der Waals surface area contributed by atoms with Crippen LogP contribution in [0.5, 0.6) is 0 Å². The summed E-state index contributed by atoms with van der Waals surface area (Å²) in [6.45, 7) is 0. The van der Waals surface area contributed by atoms with Gasteiger partial charge >= 0.3 is 5.97 Å². The zero-order chi connectivity index (χ0) is 12.8. The van der Waals surface area contributed by atoms with Gasteiger partial charge < -0.3 is 16.2 Å². The van der Waals surface area contributed by atoms with Gasteiger partial charge in [-0.15, -0.1) is 11.8 Å². The molecule has 0 unspecified atom stereocenters. The lowest BCUT2D eigenvalue weighted by molar-refractivity contribution is -0.140. The maximum absolute atomic E-state index is 11.2. The van der Waals surface area contributed by atoms with Crippen LogP contribution in [-0.2, 0) is 9.53 Å². The molecule has 1 aromatic rings. The lowest BCUT2D eigenvalue weighted by Crippen LogP contribution is -2.12. The standard InChI is InChI=1S/C11H14N2O3S/c1-16-10(14)4-5-17-9-6-7(12)2-3-8(9)11(13)15/h2-3,6H,4-5,12H2,1H3,(H2,13,15). The summed E-state index contributed by atoms with van der Waals surface area (Å²) in [5, 5.41) is 0. The van der Waals surface area contributed by atoms with Crippen molar-refractivity contribution >= 4 is 29.3 Å². The first-order valence-corrected chi connectivity index (χ1v) is 5.92. The van der Waals surface area contributed by atoms with Crippen molar-refractivity contribution in [2.75, 3.05) is 18.6 Å². The van der Waals surface area contributed by atoms with Gasteiger partial charge in [0.2, 0.25) is 5.91 Å².